The molecule has 4 aromatic rings. The lowest BCUT2D eigenvalue weighted by Crippen LogP contribution is -1.77. The summed E-state index contributed by atoms with van der Waals surface area (Å²) in [5.74, 6) is 0. The molecule has 4 rings (SSSR count). The molecule has 0 saturated carbocycles. The van der Waals surface area contributed by atoms with Crippen molar-refractivity contribution in [3.8, 4) is 0 Å². The van der Waals surface area contributed by atoms with Crippen LogP contribution in [0, 0.1) is 0 Å². The minimum Gasteiger partial charge on any atom is -0.361 e. The number of para-hydroxylation sites is 1. The van der Waals surface area contributed by atoms with E-state index in [1.807, 2.05) is 36.8 Å². The van der Waals surface area contributed by atoms with E-state index in [4.69, 9.17) is 0 Å². The summed E-state index contributed by atoms with van der Waals surface area (Å²) < 4.78 is 0. The van der Waals surface area contributed by atoms with Crippen molar-refractivity contribution < 1.29 is 0 Å². The molecule has 0 spiro atoms. The fourth-order valence-corrected chi connectivity index (χ4v) is 2.46. The van der Waals surface area contributed by atoms with Gasteiger partial charge in [-0.3, -0.25) is 4.99 Å². The van der Waals surface area contributed by atoms with E-state index < -0.39 is 0 Å². The second kappa shape index (κ2) is 4.38. The molecule has 0 bridgehead atoms. The van der Waals surface area contributed by atoms with Crippen LogP contribution in [-0.2, 0) is 0 Å². The normalized spacial score (nSPS) is 11.8. The summed E-state index contributed by atoms with van der Waals surface area (Å²) in [5.41, 5.74) is 4.30. The highest BCUT2D eigenvalue weighted by atomic mass is 14.7. The molecule has 0 saturated heterocycles. The number of hydrogen-bond acceptors (Lipinski definition) is 1. The summed E-state index contributed by atoms with van der Waals surface area (Å²) in [4.78, 5) is 11.0. The minimum atomic E-state index is 0.949. The van der Waals surface area contributed by atoms with E-state index >= 15 is 0 Å². The molecule has 0 amide bonds. The Balaban J connectivity index is 1.73. The van der Waals surface area contributed by atoms with Crippen LogP contribution in [-0.4, -0.2) is 16.2 Å². The van der Waals surface area contributed by atoms with E-state index in [0.29, 0.717) is 0 Å². The van der Waals surface area contributed by atoms with Crippen LogP contribution in [0.1, 0.15) is 5.56 Å². The van der Waals surface area contributed by atoms with E-state index in [-0.39, 0.29) is 0 Å². The lowest BCUT2D eigenvalue weighted by Gasteiger charge is -1.95. The number of aromatic amines is 2. The van der Waals surface area contributed by atoms with Gasteiger partial charge in [-0.25, -0.2) is 0 Å². The second-order valence-corrected chi connectivity index (χ2v) is 4.80. The van der Waals surface area contributed by atoms with Gasteiger partial charge in [0.2, 0.25) is 0 Å². The molecule has 3 nitrogen and oxygen atoms in total. The maximum Gasteiger partial charge on any atom is 0.0651 e. The van der Waals surface area contributed by atoms with Gasteiger partial charge in [-0.15, -0.1) is 0 Å². The van der Waals surface area contributed by atoms with E-state index in [0.717, 1.165) is 22.3 Å². The van der Waals surface area contributed by atoms with Crippen molar-refractivity contribution >= 4 is 33.7 Å². The number of hydrogen-bond donors (Lipinski definition) is 2. The smallest absolute Gasteiger partial charge is 0.0651 e. The standard InChI is InChI=1S/C17H13N3/c1-2-4-16-15(3-1)13(11-20-16)10-19-14-6-5-12-7-8-18-17(12)9-14/h1-11,18,20H. The Labute approximate surface area is 116 Å². The first kappa shape index (κ1) is 11.1. The average molecular weight is 259 g/mol. The average Bonchev–Trinajstić information content (AvgIpc) is 3.11. The van der Waals surface area contributed by atoms with Gasteiger partial charge in [0, 0.05) is 40.6 Å². The van der Waals surface area contributed by atoms with Crippen molar-refractivity contribution in [3.63, 3.8) is 0 Å². The van der Waals surface area contributed by atoms with Crippen LogP contribution in [0.4, 0.5) is 5.69 Å². The predicted octanol–water partition coefficient (Wildman–Crippen LogP) is 4.40. The molecule has 96 valence electrons. The zero-order valence-corrected chi connectivity index (χ0v) is 10.8. The number of benzene rings is 2. The van der Waals surface area contributed by atoms with E-state index in [2.05, 4.69) is 45.3 Å². The van der Waals surface area contributed by atoms with Crippen molar-refractivity contribution in [2.45, 2.75) is 0 Å². The fourth-order valence-electron chi connectivity index (χ4n) is 2.46. The molecule has 0 aliphatic rings. The molecular weight excluding hydrogens is 246 g/mol. The Morgan fingerprint density at radius 1 is 0.900 bits per heavy atom. The summed E-state index contributed by atoms with van der Waals surface area (Å²) in [7, 11) is 0. The maximum absolute atomic E-state index is 4.56. The van der Waals surface area contributed by atoms with Gasteiger partial charge in [-0.05, 0) is 29.7 Å². The molecule has 0 radical (unpaired) electrons. The Bertz CT molecular complexity index is 912. The van der Waals surface area contributed by atoms with Crippen molar-refractivity contribution in [3.05, 3.63) is 66.5 Å². The number of rotatable bonds is 2. The summed E-state index contributed by atoms with van der Waals surface area (Å²) in [6.45, 7) is 0. The third kappa shape index (κ3) is 1.80. The molecule has 0 atom stereocenters. The van der Waals surface area contributed by atoms with Crippen molar-refractivity contribution in [2.75, 3.05) is 0 Å². The molecule has 2 heterocycles. The number of aliphatic imine (C=N–C) groups is 1. The SMILES string of the molecule is C(=Nc1ccc2cc[nH]c2c1)c1c[nH]c2ccccc12. The summed E-state index contributed by atoms with van der Waals surface area (Å²) in [6, 6.07) is 16.5. The highest BCUT2D eigenvalue weighted by Gasteiger charge is 2.00. The Morgan fingerprint density at radius 3 is 2.85 bits per heavy atom. The van der Waals surface area contributed by atoms with Crippen LogP contribution in [0.15, 0.2) is 65.9 Å². The molecule has 2 N–H and O–H groups in total. The van der Waals surface area contributed by atoms with Crippen LogP contribution in [0.3, 0.4) is 0 Å². The molecule has 2 aromatic carbocycles. The van der Waals surface area contributed by atoms with Crippen LogP contribution < -0.4 is 0 Å². The lowest BCUT2D eigenvalue weighted by atomic mass is 10.2. The molecule has 2 aromatic heterocycles. The number of aromatic nitrogens is 2. The van der Waals surface area contributed by atoms with Gasteiger partial charge in [0.1, 0.15) is 0 Å². The molecule has 0 fully saturated rings. The first-order valence-corrected chi connectivity index (χ1v) is 6.57. The van der Waals surface area contributed by atoms with E-state index in [9.17, 15) is 0 Å². The third-order valence-corrected chi connectivity index (χ3v) is 3.51. The Hall–Kier alpha value is -2.81. The van der Waals surface area contributed by atoms with Crippen molar-refractivity contribution in [1.82, 2.24) is 9.97 Å². The number of nitrogens with one attached hydrogen (secondary N) is 2. The fraction of sp³-hybridized carbons (Fsp3) is 0. The summed E-state index contributed by atoms with van der Waals surface area (Å²) >= 11 is 0. The predicted molar refractivity (Wildman–Crippen MR) is 83.9 cm³/mol. The molecule has 20 heavy (non-hydrogen) atoms. The summed E-state index contributed by atoms with van der Waals surface area (Å²) in [6.07, 6.45) is 5.84. The summed E-state index contributed by atoms with van der Waals surface area (Å²) in [5, 5.41) is 2.40. The highest BCUT2D eigenvalue weighted by Crippen LogP contribution is 2.21. The van der Waals surface area contributed by atoms with Crippen LogP contribution >= 0.6 is 0 Å². The highest BCUT2D eigenvalue weighted by molar-refractivity contribution is 5.99. The Morgan fingerprint density at radius 2 is 1.85 bits per heavy atom. The quantitative estimate of drug-likeness (QED) is 0.501. The van der Waals surface area contributed by atoms with E-state index in [1.165, 1.54) is 10.8 Å². The van der Waals surface area contributed by atoms with Gasteiger partial charge in [-0.2, -0.15) is 0 Å². The zero-order valence-electron chi connectivity index (χ0n) is 10.8. The molecule has 0 unspecified atom stereocenters. The molecule has 0 aliphatic carbocycles. The van der Waals surface area contributed by atoms with Crippen LogP contribution in [0.2, 0.25) is 0 Å². The number of H-pyrrole nitrogens is 2. The van der Waals surface area contributed by atoms with Gasteiger partial charge >= 0.3 is 0 Å². The topological polar surface area (TPSA) is 43.9 Å². The van der Waals surface area contributed by atoms with Gasteiger partial charge in [0.05, 0.1) is 5.69 Å². The van der Waals surface area contributed by atoms with Gasteiger partial charge in [0.15, 0.2) is 0 Å². The number of fused-ring (bicyclic) bond motifs is 2. The van der Waals surface area contributed by atoms with Gasteiger partial charge in [-0.1, -0.05) is 24.3 Å². The minimum absolute atomic E-state index is 0.949. The number of nitrogens with zero attached hydrogens (tertiary/aromatic N) is 1. The molecule has 0 aliphatic heterocycles. The molecule has 3 heteroatoms. The van der Waals surface area contributed by atoms with Crippen LogP contribution in [0.5, 0.6) is 0 Å². The largest absolute Gasteiger partial charge is 0.361 e. The lowest BCUT2D eigenvalue weighted by molar-refractivity contribution is 1.46. The van der Waals surface area contributed by atoms with Crippen molar-refractivity contribution in [2.24, 2.45) is 4.99 Å². The second-order valence-electron chi connectivity index (χ2n) is 4.80. The Kier molecular flexibility index (Phi) is 2.42. The third-order valence-electron chi connectivity index (χ3n) is 3.51. The van der Waals surface area contributed by atoms with Gasteiger partial charge < -0.3 is 9.97 Å². The first-order chi connectivity index (χ1) is 9.90. The van der Waals surface area contributed by atoms with Crippen LogP contribution in [0.25, 0.3) is 21.8 Å². The molecular formula is C17H13N3. The maximum atomic E-state index is 4.56. The van der Waals surface area contributed by atoms with Gasteiger partial charge in [0.25, 0.3) is 0 Å². The monoisotopic (exact) mass is 259 g/mol. The first-order valence-electron chi connectivity index (χ1n) is 6.57. The zero-order chi connectivity index (χ0) is 13.4. The van der Waals surface area contributed by atoms with E-state index in [1.54, 1.807) is 0 Å². The van der Waals surface area contributed by atoms with Crippen molar-refractivity contribution in [1.29, 1.82) is 0 Å².